The van der Waals surface area contributed by atoms with E-state index in [0.717, 1.165) is 24.7 Å². The first-order valence-corrected chi connectivity index (χ1v) is 17.1. The Kier molecular flexibility index (Phi) is 9.33. The highest BCUT2D eigenvalue weighted by atomic mass is 35.5. The van der Waals surface area contributed by atoms with Crippen molar-refractivity contribution in [3.05, 3.63) is 0 Å². The minimum Gasteiger partial charge on any atom is -0.468 e. The van der Waals surface area contributed by atoms with Gasteiger partial charge in [0, 0.05) is 32.6 Å². The maximum absolute atomic E-state index is 14.7. The smallest absolute Gasteiger partial charge is 0.322 e. The number of hydrogen-bond donors (Lipinski definition) is 2. The Morgan fingerprint density at radius 2 is 1.57 bits per heavy atom. The molecule has 4 aliphatic carbocycles. The number of piperidine rings is 1. The molecule has 0 bridgehead atoms. The lowest BCUT2D eigenvalue weighted by atomic mass is 9.54. The zero-order chi connectivity index (χ0) is 29.8. The number of carbonyl (C=O) groups excluding carboxylic acids is 2. The molecule has 1 spiro atoms. The normalized spacial score (nSPS) is 49.9. The van der Waals surface area contributed by atoms with Gasteiger partial charge in [-0.2, -0.15) is 0 Å². The lowest BCUT2D eigenvalue weighted by Crippen LogP contribution is -2.73. The molecule has 9 heteroatoms. The highest BCUT2D eigenvalue weighted by Gasteiger charge is 2.71. The van der Waals surface area contributed by atoms with Crippen LogP contribution in [0.3, 0.4) is 0 Å². The molecule has 0 aromatic heterocycles. The minimum absolute atomic E-state index is 0.00766. The number of halogens is 1. The quantitative estimate of drug-likeness (QED) is 0.352. The van der Waals surface area contributed by atoms with Crippen molar-refractivity contribution >= 4 is 23.4 Å². The molecule has 4 saturated carbocycles. The molecule has 2 heterocycles. The third-order valence-electron chi connectivity index (χ3n) is 12.7. The van der Waals surface area contributed by atoms with Crippen molar-refractivity contribution in [2.45, 2.75) is 131 Å². The van der Waals surface area contributed by atoms with Crippen LogP contribution in [0.4, 0.5) is 0 Å². The number of esters is 1. The van der Waals surface area contributed by atoms with Crippen LogP contribution in [0, 0.1) is 41.4 Å². The van der Waals surface area contributed by atoms with E-state index >= 15 is 0 Å². The average Bonchev–Trinajstić information content (AvgIpc) is 3.34. The van der Waals surface area contributed by atoms with E-state index in [1.54, 1.807) is 14.2 Å². The molecular formula is C33H52ClNO7. The number of aliphatic hydroxyl groups excluding tert-OH is 1. The largest absolute Gasteiger partial charge is 0.468 e. The number of methoxy groups -OCH3 is 3. The molecule has 0 aromatic rings. The number of hydrogen-bond acceptors (Lipinski definition) is 8. The molecule has 2 aliphatic heterocycles. The van der Waals surface area contributed by atoms with Crippen molar-refractivity contribution < 1.29 is 33.6 Å². The number of ether oxygens (including phenoxy) is 4. The van der Waals surface area contributed by atoms with Gasteiger partial charge in [-0.15, -0.1) is 11.6 Å². The van der Waals surface area contributed by atoms with E-state index in [4.69, 9.17) is 30.5 Å². The molecule has 12 atom stereocenters. The van der Waals surface area contributed by atoms with Gasteiger partial charge in [0.25, 0.3) is 0 Å². The van der Waals surface area contributed by atoms with Crippen LogP contribution in [-0.2, 0) is 28.5 Å². The molecule has 8 nitrogen and oxygen atoms in total. The molecular weight excluding hydrogens is 558 g/mol. The first-order valence-electron chi connectivity index (χ1n) is 16.7. The summed E-state index contributed by atoms with van der Waals surface area (Å²) >= 11 is 6.95. The van der Waals surface area contributed by atoms with Crippen LogP contribution in [0.25, 0.3) is 0 Å². The zero-order valence-corrected chi connectivity index (χ0v) is 26.6. The molecule has 6 aliphatic rings. The zero-order valence-electron chi connectivity index (χ0n) is 25.8. The fourth-order valence-electron chi connectivity index (χ4n) is 10.6. The number of aliphatic hydroxyl groups is 1. The molecule has 6 rings (SSSR count). The van der Waals surface area contributed by atoms with Gasteiger partial charge >= 0.3 is 5.97 Å². The number of carbonyl (C=O) groups is 2. The molecule has 2 N–H and O–H groups in total. The first-order chi connectivity index (χ1) is 20.2. The Balaban J connectivity index is 1.32. The van der Waals surface area contributed by atoms with Crippen LogP contribution in [0.15, 0.2) is 0 Å². The van der Waals surface area contributed by atoms with Crippen molar-refractivity contribution in [1.29, 1.82) is 0 Å². The van der Waals surface area contributed by atoms with Gasteiger partial charge in [-0.05, 0) is 68.1 Å². The van der Waals surface area contributed by atoms with Crippen molar-refractivity contribution in [3.63, 3.8) is 0 Å². The van der Waals surface area contributed by atoms with E-state index in [1.807, 2.05) is 6.92 Å². The summed E-state index contributed by atoms with van der Waals surface area (Å²) in [6.07, 6.45) is 11.3. The summed E-state index contributed by atoms with van der Waals surface area (Å²) in [5, 5.41) is 14.8. The summed E-state index contributed by atoms with van der Waals surface area (Å²) < 4.78 is 23.7. The van der Waals surface area contributed by atoms with Gasteiger partial charge in [-0.25, -0.2) is 0 Å². The number of fused-ring (bicyclic) bond motifs is 3. The van der Waals surface area contributed by atoms with Crippen molar-refractivity contribution in [1.82, 2.24) is 5.32 Å². The maximum Gasteiger partial charge on any atom is 0.322 e. The molecule has 6 fully saturated rings. The second-order valence-corrected chi connectivity index (χ2v) is 15.0. The summed E-state index contributed by atoms with van der Waals surface area (Å²) in [4.78, 5) is 27.8. The molecule has 0 radical (unpaired) electrons. The highest BCUT2D eigenvalue weighted by Crippen LogP contribution is 2.57. The van der Waals surface area contributed by atoms with E-state index in [-0.39, 0.29) is 41.7 Å². The van der Waals surface area contributed by atoms with Crippen LogP contribution in [0.5, 0.6) is 0 Å². The predicted octanol–water partition coefficient (Wildman–Crippen LogP) is 4.27. The topological polar surface area (TPSA) is 103 Å². The van der Waals surface area contributed by atoms with Crippen LogP contribution < -0.4 is 5.32 Å². The first kappa shape index (κ1) is 31.2. The van der Waals surface area contributed by atoms with Crippen LogP contribution in [0.2, 0.25) is 0 Å². The maximum atomic E-state index is 14.7. The van der Waals surface area contributed by atoms with Crippen LogP contribution in [-0.4, -0.2) is 85.7 Å². The van der Waals surface area contributed by atoms with E-state index in [0.29, 0.717) is 25.2 Å². The monoisotopic (exact) mass is 609 g/mol. The molecule has 0 aromatic carbocycles. The summed E-state index contributed by atoms with van der Waals surface area (Å²) in [6.45, 7) is 2.00. The lowest BCUT2D eigenvalue weighted by molar-refractivity contribution is -0.194. The fourth-order valence-corrected chi connectivity index (χ4v) is 11.0. The van der Waals surface area contributed by atoms with E-state index in [2.05, 4.69) is 5.32 Å². The number of rotatable bonds is 5. The predicted molar refractivity (Wildman–Crippen MR) is 158 cm³/mol. The highest BCUT2D eigenvalue weighted by molar-refractivity contribution is 6.22. The number of nitrogens with one attached hydrogen (secondary N) is 1. The molecule has 238 valence electrons. The summed E-state index contributed by atoms with van der Waals surface area (Å²) in [5.41, 5.74) is -1.21. The van der Waals surface area contributed by atoms with Gasteiger partial charge in [0.1, 0.15) is 11.6 Å². The third kappa shape index (κ3) is 5.08. The Labute approximate surface area is 256 Å². The lowest BCUT2D eigenvalue weighted by Gasteiger charge is -2.57. The minimum atomic E-state index is -1.21. The Morgan fingerprint density at radius 3 is 2.21 bits per heavy atom. The Morgan fingerprint density at radius 1 is 0.929 bits per heavy atom. The average molecular weight is 610 g/mol. The van der Waals surface area contributed by atoms with Crippen LogP contribution >= 0.6 is 11.6 Å². The summed E-state index contributed by atoms with van der Waals surface area (Å²) in [5.74, 6) is 0.841. The second kappa shape index (κ2) is 12.6. The second-order valence-electron chi connectivity index (χ2n) is 14.5. The Hall–Kier alpha value is -0.770. The number of Topliss-reactive ketones (excluding diaryl/α,β-unsaturated/α-hetero) is 1. The van der Waals surface area contributed by atoms with Crippen LogP contribution in [0.1, 0.15) is 84.0 Å². The van der Waals surface area contributed by atoms with E-state index < -0.39 is 41.2 Å². The van der Waals surface area contributed by atoms with Gasteiger partial charge in [0.05, 0.1) is 42.8 Å². The standard InChI is InChI=1S/C33H52ClNO7/c1-17-14-23(36)26-21(20-12-10-19(11-13-20)18-8-6-5-7-9-18)15-22(32(38)41-4)35-30(26)33(17)31(37)27-24(39-2)16-25(40-3)28(34)29(27)42-33/h17-30,35-36H,5-16H2,1-4H3/t17-,19?,20?,21?,22?,23+,24?,25?,26?,27?,28?,29?,30?,33+/m1/s1. The molecule has 0 amide bonds. The fraction of sp³-hybridized carbons (Fsp3) is 0.939. The van der Waals surface area contributed by atoms with Gasteiger partial charge < -0.3 is 24.1 Å². The van der Waals surface area contributed by atoms with Gasteiger partial charge in [-0.3, -0.25) is 14.9 Å². The molecule has 42 heavy (non-hydrogen) atoms. The summed E-state index contributed by atoms with van der Waals surface area (Å²) in [6, 6.07) is -1.07. The van der Waals surface area contributed by atoms with E-state index in [1.165, 1.54) is 52.1 Å². The summed E-state index contributed by atoms with van der Waals surface area (Å²) in [7, 11) is 4.68. The van der Waals surface area contributed by atoms with Gasteiger partial charge in [-0.1, -0.05) is 39.0 Å². The van der Waals surface area contributed by atoms with E-state index in [9.17, 15) is 14.7 Å². The van der Waals surface area contributed by atoms with Gasteiger partial charge in [0.2, 0.25) is 0 Å². The van der Waals surface area contributed by atoms with Crippen molar-refractivity contribution in [2.24, 2.45) is 41.4 Å². The molecule has 2 saturated heterocycles. The SMILES string of the molecule is COC(=O)C1CC(C2CCC(C3CCCCC3)CC2)C2C(N1)[C@@]1(OC3C(Cl)C(OC)CC(OC)C3C1=O)[C@H](C)C[C@@H]2O. The number of alkyl halides is 1. The van der Waals surface area contributed by atoms with Crippen molar-refractivity contribution in [2.75, 3.05) is 21.3 Å². The molecule has 9 unspecified atom stereocenters. The third-order valence-corrected chi connectivity index (χ3v) is 13.3. The van der Waals surface area contributed by atoms with Crippen molar-refractivity contribution in [3.8, 4) is 0 Å². The Bertz CT molecular complexity index is 983. The van der Waals surface area contributed by atoms with Gasteiger partial charge in [0.15, 0.2) is 5.78 Å². The number of ketones is 1.